The van der Waals surface area contributed by atoms with Gasteiger partial charge in [0.05, 0.1) is 21.7 Å². The Kier molecular flexibility index (Phi) is 9.46. The van der Waals surface area contributed by atoms with E-state index in [0.717, 1.165) is 6.07 Å². The number of nitriles is 1. The summed E-state index contributed by atoms with van der Waals surface area (Å²) in [5, 5.41) is 21.8. The van der Waals surface area contributed by atoms with Crippen molar-refractivity contribution in [3.8, 4) is 6.07 Å². The lowest BCUT2D eigenvalue weighted by Gasteiger charge is -2.04. The number of benzene rings is 1. The van der Waals surface area contributed by atoms with Gasteiger partial charge in [0, 0.05) is 6.07 Å². The van der Waals surface area contributed by atoms with Crippen molar-refractivity contribution in [1.82, 2.24) is 0 Å². The van der Waals surface area contributed by atoms with Crippen LogP contribution in [0.5, 0.6) is 0 Å². The van der Waals surface area contributed by atoms with Gasteiger partial charge in [-0.3, -0.25) is 10.1 Å². The van der Waals surface area contributed by atoms with Gasteiger partial charge in [-0.25, -0.2) is 0 Å². The minimum Gasteiger partial charge on any atom is -0.396 e. The molecule has 1 aromatic rings. The highest BCUT2D eigenvalue weighted by Crippen LogP contribution is 2.35. The zero-order valence-corrected chi connectivity index (χ0v) is 11.7. The Hall–Kier alpha value is -2.49. The van der Waals surface area contributed by atoms with Gasteiger partial charge < -0.3 is 5.73 Å². The average Bonchev–Trinajstić information content (AvgIpc) is 2.43. The minimum atomic E-state index is -0.690. The predicted octanol–water partition coefficient (Wildman–Crippen LogP) is 3.81. The van der Waals surface area contributed by atoms with Crippen molar-refractivity contribution in [3.05, 3.63) is 32.2 Å². The number of nitro groups is 1. The Morgan fingerprint density at radius 1 is 1.37 bits per heavy atom. The minimum absolute atomic E-state index is 0.0616. The maximum atomic E-state index is 10.6. The van der Waals surface area contributed by atoms with E-state index >= 15 is 0 Å². The number of nitrogens with two attached hydrogens (primary N) is 1. The van der Waals surface area contributed by atoms with Crippen LogP contribution in [-0.4, -0.2) is 4.92 Å². The summed E-state index contributed by atoms with van der Waals surface area (Å²) >= 11 is 0. The third-order valence-corrected chi connectivity index (χ3v) is 1.97. The van der Waals surface area contributed by atoms with E-state index in [9.17, 15) is 15.0 Å². The molecule has 0 fully saturated rings. The highest BCUT2D eigenvalue weighted by molar-refractivity contribution is 5.77. The fourth-order valence-electron chi connectivity index (χ4n) is 1.17. The topological polar surface area (TPSA) is 122 Å². The van der Waals surface area contributed by atoms with Crippen LogP contribution in [-0.2, 0) is 0 Å². The van der Waals surface area contributed by atoms with Crippen LogP contribution >= 0.6 is 0 Å². The first-order valence-corrected chi connectivity index (χ1v) is 5.83. The van der Waals surface area contributed by atoms with Crippen molar-refractivity contribution in [1.29, 1.82) is 5.26 Å². The Labute approximate surface area is 112 Å². The molecule has 0 bridgehead atoms. The summed E-state index contributed by atoms with van der Waals surface area (Å²) < 4.78 is 0. The first-order chi connectivity index (χ1) is 9.02. The van der Waals surface area contributed by atoms with E-state index in [4.69, 9.17) is 11.0 Å². The average molecular weight is 266 g/mol. The van der Waals surface area contributed by atoms with E-state index in [0.29, 0.717) is 0 Å². The number of nitrogens with zero attached hydrogens (tertiary/aromatic N) is 3. The SMILES string of the molecule is CC.CC.Cc1c([N+](=O)[O-])cc(C#N)c(N)c1N=O. The molecule has 0 unspecified atom stereocenters. The number of hydrogen-bond acceptors (Lipinski definition) is 6. The summed E-state index contributed by atoms with van der Waals surface area (Å²) in [6, 6.07) is 2.69. The fourth-order valence-corrected chi connectivity index (χ4v) is 1.17. The number of nitroso groups, excluding NO2 is 1. The van der Waals surface area contributed by atoms with Crippen molar-refractivity contribution >= 4 is 17.1 Å². The Morgan fingerprint density at radius 3 is 2.16 bits per heavy atom. The number of nitrogen functional groups attached to an aromatic ring is 1. The highest BCUT2D eigenvalue weighted by atomic mass is 16.6. The van der Waals surface area contributed by atoms with Crippen molar-refractivity contribution in [2.45, 2.75) is 34.6 Å². The molecule has 0 aliphatic heterocycles. The Bertz CT molecular complexity index is 493. The molecule has 0 saturated heterocycles. The number of nitro benzene ring substituents is 1. The molecule has 0 amide bonds. The second-order valence-electron chi connectivity index (χ2n) is 2.79. The maximum absolute atomic E-state index is 10.6. The third kappa shape index (κ3) is 4.35. The monoisotopic (exact) mass is 266 g/mol. The third-order valence-electron chi connectivity index (χ3n) is 1.97. The standard InChI is InChI=1S/C8H6N4O3.2C2H6/c1-4-6(12(14)15)2-5(3-9)7(10)8(4)11-13;2*1-2/h2H,10H2,1H3;2*1-2H3. The summed E-state index contributed by atoms with van der Waals surface area (Å²) in [6.07, 6.45) is 0. The van der Waals surface area contributed by atoms with Gasteiger partial charge in [0.15, 0.2) is 0 Å². The largest absolute Gasteiger partial charge is 0.396 e. The van der Waals surface area contributed by atoms with E-state index < -0.39 is 4.92 Å². The molecule has 0 aliphatic rings. The number of anilines is 1. The van der Waals surface area contributed by atoms with Crippen LogP contribution in [0.25, 0.3) is 0 Å². The first kappa shape index (κ1) is 18.9. The molecule has 7 heteroatoms. The molecule has 7 nitrogen and oxygen atoms in total. The van der Waals surface area contributed by atoms with Crippen molar-refractivity contribution in [2.24, 2.45) is 5.18 Å². The number of rotatable bonds is 2. The molecule has 1 aromatic carbocycles. The zero-order chi connectivity index (χ0) is 15.6. The van der Waals surface area contributed by atoms with E-state index in [2.05, 4.69) is 5.18 Å². The van der Waals surface area contributed by atoms with Gasteiger partial charge in [0.2, 0.25) is 0 Å². The molecule has 0 spiro atoms. The lowest BCUT2D eigenvalue weighted by molar-refractivity contribution is -0.385. The summed E-state index contributed by atoms with van der Waals surface area (Å²) in [6.45, 7) is 9.35. The van der Waals surface area contributed by atoms with E-state index in [1.54, 1.807) is 6.07 Å². The van der Waals surface area contributed by atoms with Crippen LogP contribution < -0.4 is 5.73 Å². The van der Waals surface area contributed by atoms with E-state index in [-0.39, 0.29) is 28.2 Å². The summed E-state index contributed by atoms with van der Waals surface area (Å²) in [5.41, 5.74) is 4.66. The second kappa shape index (κ2) is 9.53. The smallest absolute Gasteiger partial charge is 0.276 e. The van der Waals surface area contributed by atoms with Gasteiger partial charge in [-0.05, 0) is 12.1 Å². The van der Waals surface area contributed by atoms with Gasteiger partial charge in [0.1, 0.15) is 11.8 Å². The molecular formula is C12H18N4O3. The van der Waals surface area contributed by atoms with Gasteiger partial charge in [-0.15, -0.1) is 4.91 Å². The molecule has 0 saturated carbocycles. The van der Waals surface area contributed by atoms with E-state index in [1.165, 1.54) is 6.92 Å². The molecular weight excluding hydrogens is 248 g/mol. The summed E-state index contributed by atoms with van der Waals surface area (Å²) in [5.74, 6) is 0. The maximum Gasteiger partial charge on any atom is 0.276 e. The van der Waals surface area contributed by atoms with E-state index in [1.807, 2.05) is 27.7 Å². The predicted molar refractivity (Wildman–Crippen MR) is 75.1 cm³/mol. The molecule has 0 aromatic heterocycles. The molecule has 0 radical (unpaired) electrons. The summed E-state index contributed by atoms with van der Waals surface area (Å²) in [7, 11) is 0. The fraction of sp³-hybridized carbons (Fsp3) is 0.417. The van der Waals surface area contributed by atoms with Crippen LogP contribution in [0.15, 0.2) is 11.2 Å². The molecule has 2 N–H and O–H groups in total. The van der Waals surface area contributed by atoms with Crippen LogP contribution in [0.4, 0.5) is 17.1 Å². The molecule has 0 aliphatic carbocycles. The lowest BCUT2D eigenvalue weighted by atomic mass is 10.1. The Morgan fingerprint density at radius 2 is 1.84 bits per heavy atom. The molecule has 19 heavy (non-hydrogen) atoms. The zero-order valence-electron chi connectivity index (χ0n) is 11.7. The van der Waals surface area contributed by atoms with Gasteiger partial charge in [-0.1, -0.05) is 27.7 Å². The molecule has 0 heterocycles. The van der Waals surface area contributed by atoms with Crippen LogP contribution in [0, 0.1) is 33.3 Å². The first-order valence-electron chi connectivity index (χ1n) is 5.83. The highest BCUT2D eigenvalue weighted by Gasteiger charge is 2.20. The van der Waals surface area contributed by atoms with Gasteiger partial charge >= 0.3 is 0 Å². The number of hydrogen-bond donors (Lipinski definition) is 1. The molecule has 104 valence electrons. The van der Waals surface area contributed by atoms with Crippen molar-refractivity contribution < 1.29 is 4.92 Å². The lowest BCUT2D eigenvalue weighted by Crippen LogP contribution is -1.98. The quantitative estimate of drug-likeness (QED) is 0.377. The second-order valence-corrected chi connectivity index (χ2v) is 2.79. The van der Waals surface area contributed by atoms with Crippen LogP contribution in [0.2, 0.25) is 0 Å². The molecule has 0 atom stereocenters. The summed E-state index contributed by atoms with van der Waals surface area (Å²) in [4.78, 5) is 20.3. The van der Waals surface area contributed by atoms with Crippen molar-refractivity contribution in [2.75, 3.05) is 5.73 Å². The van der Waals surface area contributed by atoms with Crippen molar-refractivity contribution in [3.63, 3.8) is 0 Å². The van der Waals surface area contributed by atoms with Gasteiger partial charge in [-0.2, -0.15) is 5.26 Å². The van der Waals surface area contributed by atoms with Gasteiger partial charge in [0.25, 0.3) is 5.69 Å². The van der Waals surface area contributed by atoms with Crippen LogP contribution in [0.1, 0.15) is 38.8 Å². The molecule has 1 rings (SSSR count). The van der Waals surface area contributed by atoms with Crippen LogP contribution in [0.3, 0.4) is 0 Å². The Balaban J connectivity index is 0. The normalized spacial score (nSPS) is 8.00.